The van der Waals surface area contributed by atoms with E-state index >= 15 is 0 Å². The molecule has 11 heteroatoms. The first-order chi connectivity index (χ1) is 13.9. The van der Waals surface area contributed by atoms with E-state index in [0.717, 1.165) is 5.39 Å². The van der Waals surface area contributed by atoms with Crippen LogP contribution in [0.25, 0.3) is 10.9 Å². The molecule has 1 aliphatic heterocycles. The predicted octanol–water partition coefficient (Wildman–Crippen LogP) is 0.802. The van der Waals surface area contributed by atoms with E-state index in [1.54, 1.807) is 30.8 Å². The van der Waals surface area contributed by atoms with Gasteiger partial charge in [-0.2, -0.15) is 5.10 Å². The van der Waals surface area contributed by atoms with Crippen molar-refractivity contribution in [1.29, 1.82) is 0 Å². The molecule has 2 aromatic heterocycles. The number of imide groups is 1. The fraction of sp³-hybridized carbons (Fsp3) is 0.333. The van der Waals surface area contributed by atoms with Crippen LogP contribution in [0.3, 0.4) is 0 Å². The summed E-state index contributed by atoms with van der Waals surface area (Å²) in [5.74, 6) is -0.896. The van der Waals surface area contributed by atoms with Crippen molar-refractivity contribution in [2.24, 2.45) is 7.05 Å². The number of para-hydroxylation sites is 1. The number of nitrogens with one attached hydrogen (secondary N) is 2. The maximum Gasteiger partial charge on any atom is 0.263 e. The Balaban J connectivity index is 1.56. The van der Waals surface area contributed by atoms with Crippen LogP contribution in [0.15, 0.2) is 22.8 Å². The smallest absolute Gasteiger partial charge is 0.263 e. The zero-order valence-corrected chi connectivity index (χ0v) is 15.8. The van der Waals surface area contributed by atoms with Gasteiger partial charge in [0, 0.05) is 18.9 Å². The lowest BCUT2D eigenvalue weighted by Gasteiger charge is -2.19. The number of aryl methyl sites for hydroxylation is 2. The third-order valence-electron chi connectivity index (χ3n) is 4.69. The van der Waals surface area contributed by atoms with Crippen molar-refractivity contribution in [3.8, 4) is 5.75 Å². The maximum absolute atomic E-state index is 12.3. The first kappa shape index (κ1) is 18.6. The summed E-state index contributed by atoms with van der Waals surface area (Å²) in [5, 5.41) is 17.3. The molecule has 0 spiro atoms. The van der Waals surface area contributed by atoms with Gasteiger partial charge >= 0.3 is 0 Å². The Morgan fingerprint density at radius 3 is 2.93 bits per heavy atom. The summed E-state index contributed by atoms with van der Waals surface area (Å²) in [5.41, 5.74) is 1.69. The van der Waals surface area contributed by atoms with Gasteiger partial charge in [0.1, 0.15) is 17.0 Å². The Labute approximate surface area is 164 Å². The summed E-state index contributed by atoms with van der Waals surface area (Å²) in [6.45, 7) is 1.39. The SMILES string of the molecule is Cc1nonc1NC(=O)COc1cccc2c(C3CCC(=O)NC3=O)nn(C)c12. The molecular formula is C18H18N6O5. The predicted molar refractivity (Wildman–Crippen MR) is 99.0 cm³/mol. The highest BCUT2D eigenvalue weighted by Crippen LogP contribution is 2.34. The van der Waals surface area contributed by atoms with Gasteiger partial charge in [0.05, 0.1) is 11.6 Å². The molecule has 29 heavy (non-hydrogen) atoms. The van der Waals surface area contributed by atoms with Gasteiger partial charge in [-0.15, -0.1) is 0 Å². The average Bonchev–Trinajstić information content (AvgIpc) is 3.24. The van der Waals surface area contributed by atoms with Crippen molar-refractivity contribution < 1.29 is 23.7 Å². The number of piperidine rings is 1. The molecular weight excluding hydrogens is 380 g/mol. The number of ether oxygens (including phenoxy) is 1. The molecule has 3 heterocycles. The average molecular weight is 398 g/mol. The van der Waals surface area contributed by atoms with Gasteiger partial charge < -0.3 is 10.1 Å². The zero-order valence-electron chi connectivity index (χ0n) is 15.8. The number of aromatic nitrogens is 4. The molecule has 1 aromatic carbocycles. The van der Waals surface area contributed by atoms with Gasteiger partial charge in [0.25, 0.3) is 5.91 Å². The third-order valence-corrected chi connectivity index (χ3v) is 4.69. The first-order valence-corrected chi connectivity index (χ1v) is 8.95. The normalized spacial score (nSPS) is 16.7. The highest BCUT2D eigenvalue weighted by Gasteiger charge is 2.32. The van der Waals surface area contributed by atoms with Crippen molar-refractivity contribution in [3.63, 3.8) is 0 Å². The van der Waals surface area contributed by atoms with Gasteiger partial charge in [-0.3, -0.25) is 24.4 Å². The van der Waals surface area contributed by atoms with E-state index in [-0.39, 0.29) is 30.7 Å². The summed E-state index contributed by atoms with van der Waals surface area (Å²) in [7, 11) is 1.73. The number of amides is 3. The van der Waals surface area contributed by atoms with Crippen molar-refractivity contribution >= 4 is 34.4 Å². The van der Waals surface area contributed by atoms with E-state index in [4.69, 9.17) is 4.74 Å². The van der Waals surface area contributed by atoms with Crippen LogP contribution in [-0.4, -0.2) is 44.4 Å². The van der Waals surface area contributed by atoms with E-state index in [1.807, 2.05) is 6.07 Å². The van der Waals surface area contributed by atoms with Gasteiger partial charge in [-0.1, -0.05) is 17.3 Å². The van der Waals surface area contributed by atoms with Crippen LogP contribution in [0.1, 0.15) is 30.1 Å². The van der Waals surface area contributed by atoms with E-state index in [9.17, 15) is 14.4 Å². The third kappa shape index (κ3) is 3.53. The number of rotatable bonds is 5. The standard InChI is InChI=1S/C18H18N6O5/c1-9-17(23-29-22-9)19-14(26)8-28-12-5-3-4-10-15(21-24(2)16(10)12)11-6-7-13(25)20-18(11)27/h3-5,11H,6-8H2,1-2H3,(H,19,23,26)(H,20,25,27). The molecule has 3 amide bonds. The minimum atomic E-state index is -0.516. The molecule has 11 nitrogen and oxygen atoms in total. The maximum atomic E-state index is 12.3. The Kier molecular flexibility index (Phi) is 4.71. The van der Waals surface area contributed by atoms with Crippen LogP contribution in [-0.2, 0) is 21.4 Å². The summed E-state index contributed by atoms with van der Waals surface area (Å²) < 4.78 is 11.8. The lowest BCUT2D eigenvalue weighted by atomic mass is 9.93. The second-order valence-electron chi connectivity index (χ2n) is 6.70. The largest absolute Gasteiger partial charge is 0.481 e. The molecule has 1 aliphatic rings. The lowest BCUT2D eigenvalue weighted by molar-refractivity contribution is -0.134. The van der Waals surface area contributed by atoms with Crippen molar-refractivity contribution in [1.82, 2.24) is 25.4 Å². The molecule has 150 valence electrons. The van der Waals surface area contributed by atoms with E-state index in [2.05, 4.69) is 30.7 Å². The Morgan fingerprint density at radius 1 is 1.38 bits per heavy atom. The van der Waals surface area contributed by atoms with Crippen LogP contribution >= 0.6 is 0 Å². The summed E-state index contributed by atoms with van der Waals surface area (Å²) in [6, 6.07) is 5.31. The molecule has 1 atom stereocenters. The van der Waals surface area contributed by atoms with Crippen LogP contribution in [0.2, 0.25) is 0 Å². The van der Waals surface area contributed by atoms with Crippen LogP contribution in [0, 0.1) is 6.92 Å². The molecule has 0 aliphatic carbocycles. The van der Waals surface area contributed by atoms with Crippen LogP contribution in [0.5, 0.6) is 5.75 Å². The molecule has 0 bridgehead atoms. The topological polar surface area (TPSA) is 141 Å². The number of nitrogens with zero attached hydrogens (tertiary/aromatic N) is 4. The number of carbonyl (C=O) groups is 3. The highest BCUT2D eigenvalue weighted by molar-refractivity contribution is 6.03. The van der Waals surface area contributed by atoms with Gasteiger partial charge in [0.15, 0.2) is 12.4 Å². The molecule has 4 rings (SSSR count). The molecule has 3 aromatic rings. The lowest BCUT2D eigenvalue weighted by Crippen LogP contribution is -2.39. The number of fused-ring (bicyclic) bond motifs is 1. The molecule has 0 saturated carbocycles. The fourth-order valence-electron chi connectivity index (χ4n) is 3.31. The summed E-state index contributed by atoms with van der Waals surface area (Å²) >= 11 is 0. The van der Waals surface area contributed by atoms with Crippen LogP contribution < -0.4 is 15.4 Å². The second kappa shape index (κ2) is 7.34. The number of benzene rings is 1. The summed E-state index contributed by atoms with van der Waals surface area (Å²) in [4.78, 5) is 35.8. The quantitative estimate of drug-likeness (QED) is 0.601. The molecule has 0 radical (unpaired) electrons. The number of carbonyl (C=O) groups excluding carboxylic acids is 3. The van der Waals surface area contributed by atoms with Gasteiger partial charge in [-0.25, -0.2) is 4.63 Å². The monoisotopic (exact) mass is 398 g/mol. The Bertz CT molecular complexity index is 1120. The summed E-state index contributed by atoms with van der Waals surface area (Å²) in [6.07, 6.45) is 0.663. The van der Waals surface area contributed by atoms with E-state index < -0.39 is 11.8 Å². The van der Waals surface area contributed by atoms with Crippen LogP contribution in [0.4, 0.5) is 5.82 Å². The number of hydrogen-bond acceptors (Lipinski definition) is 8. The molecule has 1 fully saturated rings. The van der Waals surface area contributed by atoms with Crippen molar-refractivity contribution in [2.45, 2.75) is 25.7 Å². The van der Waals surface area contributed by atoms with E-state index in [0.29, 0.717) is 29.1 Å². The molecule has 1 unspecified atom stereocenters. The highest BCUT2D eigenvalue weighted by atomic mass is 16.6. The second-order valence-corrected chi connectivity index (χ2v) is 6.70. The Morgan fingerprint density at radius 2 is 2.21 bits per heavy atom. The molecule has 2 N–H and O–H groups in total. The van der Waals surface area contributed by atoms with Crippen molar-refractivity contribution in [3.05, 3.63) is 29.6 Å². The van der Waals surface area contributed by atoms with Gasteiger partial charge in [-0.05, 0) is 24.6 Å². The Hall–Kier alpha value is -3.76. The minimum absolute atomic E-state index is 0.234. The fourth-order valence-corrected chi connectivity index (χ4v) is 3.31. The zero-order chi connectivity index (χ0) is 20.5. The first-order valence-electron chi connectivity index (χ1n) is 8.95. The van der Waals surface area contributed by atoms with E-state index in [1.165, 1.54) is 0 Å². The number of anilines is 1. The molecule has 1 saturated heterocycles. The van der Waals surface area contributed by atoms with Crippen molar-refractivity contribution in [2.75, 3.05) is 11.9 Å². The minimum Gasteiger partial charge on any atom is -0.481 e. The number of hydrogen-bond donors (Lipinski definition) is 2. The van der Waals surface area contributed by atoms with Gasteiger partial charge in [0.2, 0.25) is 11.8 Å².